The van der Waals surface area contributed by atoms with Gasteiger partial charge in [0.25, 0.3) is 5.56 Å². The number of amides is 1. The highest BCUT2D eigenvalue weighted by molar-refractivity contribution is 5.95. The molecule has 0 aliphatic rings. The molecule has 0 radical (unpaired) electrons. The average Bonchev–Trinajstić information content (AvgIpc) is 2.87. The highest BCUT2D eigenvalue weighted by Crippen LogP contribution is 2.18. The summed E-state index contributed by atoms with van der Waals surface area (Å²) in [5.74, 6) is 0. The lowest BCUT2D eigenvalue weighted by molar-refractivity contribution is 0.155. The number of carbonyl (C=O) groups excluding carboxylic acids is 1. The van der Waals surface area contributed by atoms with Gasteiger partial charge in [-0.15, -0.1) is 0 Å². The van der Waals surface area contributed by atoms with Gasteiger partial charge in [-0.3, -0.25) is 10.1 Å². The van der Waals surface area contributed by atoms with Crippen molar-refractivity contribution in [2.75, 3.05) is 5.32 Å². The number of ether oxygens (including phenoxy) is 1. The third-order valence-electron chi connectivity index (χ3n) is 3.16. The van der Waals surface area contributed by atoms with E-state index in [2.05, 4.69) is 15.3 Å². The van der Waals surface area contributed by atoms with Crippen molar-refractivity contribution in [3.05, 3.63) is 58.6 Å². The molecule has 2 N–H and O–H groups in total. The van der Waals surface area contributed by atoms with E-state index in [1.165, 1.54) is 6.07 Å². The van der Waals surface area contributed by atoms with Gasteiger partial charge in [0, 0.05) is 13.1 Å². The van der Waals surface area contributed by atoms with Crippen LogP contribution in [0.3, 0.4) is 0 Å². The van der Waals surface area contributed by atoms with E-state index >= 15 is 0 Å². The number of rotatable bonds is 3. The molecule has 0 atom stereocenters. The van der Waals surface area contributed by atoms with Crippen LogP contribution in [0.2, 0.25) is 0 Å². The van der Waals surface area contributed by atoms with E-state index in [0.29, 0.717) is 16.9 Å². The number of nitrogens with one attached hydrogen (secondary N) is 2. The fraction of sp³-hybridized carbons (Fsp3) is 0.133. The quantitative estimate of drug-likeness (QED) is 0.774. The first-order valence-corrected chi connectivity index (χ1v) is 6.65. The molecule has 1 aromatic carbocycles. The summed E-state index contributed by atoms with van der Waals surface area (Å²) in [5, 5.41) is 2.58. The first-order chi connectivity index (χ1) is 10.6. The zero-order chi connectivity index (χ0) is 15.5. The van der Waals surface area contributed by atoms with Crippen LogP contribution in [-0.4, -0.2) is 20.6 Å². The van der Waals surface area contributed by atoms with Gasteiger partial charge in [-0.2, -0.15) is 0 Å². The summed E-state index contributed by atoms with van der Waals surface area (Å²) >= 11 is 0. The highest BCUT2D eigenvalue weighted by Gasteiger charge is 2.12. The molecule has 0 bridgehead atoms. The van der Waals surface area contributed by atoms with Gasteiger partial charge in [0.05, 0.1) is 12.0 Å². The Bertz CT molecular complexity index is 867. The van der Waals surface area contributed by atoms with E-state index < -0.39 is 6.09 Å². The fourth-order valence-corrected chi connectivity index (χ4v) is 2.16. The van der Waals surface area contributed by atoms with Crippen molar-refractivity contribution >= 4 is 22.9 Å². The van der Waals surface area contributed by atoms with Crippen molar-refractivity contribution < 1.29 is 9.53 Å². The number of hydrogen-bond donors (Lipinski definition) is 2. The number of aryl methyl sites for hydroxylation is 1. The molecule has 2 heterocycles. The van der Waals surface area contributed by atoms with Gasteiger partial charge in [0.1, 0.15) is 12.1 Å². The first-order valence-electron chi connectivity index (χ1n) is 6.65. The van der Waals surface area contributed by atoms with E-state index in [1.807, 2.05) is 30.3 Å². The molecule has 0 aliphatic carbocycles. The molecule has 112 valence electrons. The van der Waals surface area contributed by atoms with E-state index in [0.717, 1.165) is 5.56 Å². The molecule has 7 heteroatoms. The number of benzene rings is 1. The second-order valence-electron chi connectivity index (χ2n) is 4.79. The summed E-state index contributed by atoms with van der Waals surface area (Å²) in [6.07, 6.45) is 0.929. The Hall–Kier alpha value is -3.09. The lowest BCUT2D eigenvalue weighted by Gasteiger charge is -2.08. The molecule has 0 aliphatic heterocycles. The standard InChI is InChI=1S/C15H14N4O3/c1-19-9-16-14-13(19)11(7-12(20)18-14)17-15(21)22-8-10-5-3-2-4-6-10/h2-7,9H,8H2,1H3,(H2,17,18,20,21). The number of nitrogens with zero attached hydrogens (tertiary/aromatic N) is 2. The molecule has 0 spiro atoms. The van der Waals surface area contributed by atoms with Gasteiger partial charge < -0.3 is 14.3 Å². The number of aromatic amines is 1. The second-order valence-corrected chi connectivity index (χ2v) is 4.79. The normalized spacial score (nSPS) is 10.6. The Kier molecular flexibility index (Phi) is 3.61. The highest BCUT2D eigenvalue weighted by atomic mass is 16.5. The van der Waals surface area contributed by atoms with E-state index in [4.69, 9.17) is 4.74 Å². The first kappa shape index (κ1) is 13.9. The van der Waals surface area contributed by atoms with Gasteiger partial charge in [-0.05, 0) is 5.56 Å². The smallest absolute Gasteiger partial charge is 0.412 e. The predicted octanol–water partition coefficient (Wildman–Crippen LogP) is 2.01. The third kappa shape index (κ3) is 2.83. The van der Waals surface area contributed by atoms with Crippen LogP contribution in [-0.2, 0) is 18.4 Å². The molecule has 0 saturated heterocycles. The Balaban J connectivity index is 1.77. The van der Waals surface area contributed by atoms with Crippen LogP contribution in [0.5, 0.6) is 0 Å². The van der Waals surface area contributed by atoms with Gasteiger partial charge in [-0.1, -0.05) is 30.3 Å². The molecule has 0 unspecified atom stereocenters. The minimum atomic E-state index is -0.628. The van der Waals surface area contributed by atoms with Gasteiger partial charge in [-0.25, -0.2) is 9.78 Å². The maximum absolute atomic E-state index is 11.9. The number of H-pyrrole nitrogens is 1. The van der Waals surface area contributed by atoms with Crippen molar-refractivity contribution in [3.8, 4) is 0 Å². The van der Waals surface area contributed by atoms with Crippen LogP contribution >= 0.6 is 0 Å². The monoisotopic (exact) mass is 298 g/mol. The largest absolute Gasteiger partial charge is 0.444 e. The van der Waals surface area contributed by atoms with E-state index in [1.54, 1.807) is 17.9 Å². The Labute approximate surface area is 125 Å². The molecule has 0 saturated carbocycles. The Morgan fingerprint density at radius 3 is 2.91 bits per heavy atom. The topological polar surface area (TPSA) is 89.0 Å². The van der Waals surface area contributed by atoms with Crippen molar-refractivity contribution in [2.45, 2.75) is 6.61 Å². The van der Waals surface area contributed by atoms with Gasteiger partial charge in [0.2, 0.25) is 0 Å². The molecule has 3 rings (SSSR count). The predicted molar refractivity (Wildman–Crippen MR) is 81.6 cm³/mol. The van der Waals surface area contributed by atoms with E-state index in [-0.39, 0.29) is 12.2 Å². The van der Waals surface area contributed by atoms with Crippen molar-refractivity contribution in [1.29, 1.82) is 0 Å². The molecule has 7 nitrogen and oxygen atoms in total. The lowest BCUT2D eigenvalue weighted by Crippen LogP contribution is -2.16. The maximum Gasteiger partial charge on any atom is 0.412 e. The minimum absolute atomic E-state index is 0.157. The Morgan fingerprint density at radius 1 is 1.36 bits per heavy atom. The number of hydrogen-bond acceptors (Lipinski definition) is 4. The molecule has 22 heavy (non-hydrogen) atoms. The Morgan fingerprint density at radius 2 is 2.14 bits per heavy atom. The van der Waals surface area contributed by atoms with Crippen molar-refractivity contribution in [2.24, 2.45) is 7.05 Å². The zero-order valence-corrected chi connectivity index (χ0v) is 11.9. The fourth-order valence-electron chi connectivity index (χ4n) is 2.16. The summed E-state index contributed by atoms with van der Waals surface area (Å²) in [5.41, 5.74) is 1.93. The van der Waals surface area contributed by atoms with Crippen LogP contribution < -0.4 is 10.9 Å². The van der Waals surface area contributed by atoms with Crippen LogP contribution in [0.15, 0.2) is 47.5 Å². The minimum Gasteiger partial charge on any atom is -0.444 e. The van der Waals surface area contributed by atoms with Crippen molar-refractivity contribution in [3.63, 3.8) is 0 Å². The summed E-state index contributed by atoms with van der Waals surface area (Å²) in [7, 11) is 1.77. The number of anilines is 1. The number of imidazole rings is 1. The third-order valence-corrected chi connectivity index (χ3v) is 3.16. The summed E-state index contributed by atoms with van der Waals surface area (Å²) < 4.78 is 6.85. The average molecular weight is 298 g/mol. The zero-order valence-electron chi connectivity index (χ0n) is 11.9. The van der Waals surface area contributed by atoms with Crippen LogP contribution in [0.25, 0.3) is 11.2 Å². The lowest BCUT2D eigenvalue weighted by atomic mass is 10.2. The molecule has 1 amide bonds. The van der Waals surface area contributed by atoms with Gasteiger partial charge >= 0.3 is 6.09 Å². The molecule has 3 aromatic rings. The number of carbonyl (C=O) groups is 1. The number of fused-ring (bicyclic) bond motifs is 1. The molecular weight excluding hydrogens is 284 g/mol. The molecule has 2 aromatic heterocycles. The summed E-state index contributed by atoms with van der Waals surface area (Å²) in [6, 6.07) is 10.6. The SMILES string of the molecule is Cn1cnc2[nH]c(=O)cc(NC(=O)OCc3ccccc3)c21. The summed E-state index contributed by atoms with van der Waals surface area (Å²) in [4.78, 5) is 30.1. The molecular formula is C15H14N4O3. The number of aromatic nitrogens is 3. The van der Waals surface area contributed by atoms with Crippen LogP contribution in [0.1, 0.15) is 5.56 Å². The van der Waals surface area contributed by atoms with E-state index in [9.17, 15) is 9.59 Å². The van der Waals surface area contributed by atoms with Crippen LogP contribution in [0, 0.1) is 0 Å². The van der Waals surface area contributed by atoms with Crippen LogP contribution in [0.4, 0.5) is 10.5 Å². The van der Waals surface area contributed by atoms with Crippen molar-refractivity contribution in [1.82, 2.24) is 14.5 Å². The van der Waals surface area contributed by atoms with Gasteiger partial charge in [0.15, 0.2) is 5.65 Å². The number of pyridine rings is 1. The summed E-state index contributed by atoms with van der Waals surface area (Å²) in [6.45, 7) is 0.157. The second kappa shape index (κ2) is 5.72. The molecule has 0 fully saturated rings. The maximum atomic E-state index is 11.9.